The summed E-state index contributed by atoms with van der Waals surface area (Å²) in [5.41, 5.74) is 4.17. The van der Waals surface area contributed by atoms with Gasteiger partial charge in [0.1, 0.15) is 0 Å². The third-order valence-corrected chi connectivity index (χ3v) is 7.75. The molecule has 0 aliphatic rings. The Kier molecular flexibility index (Phi) is 4.06. The zero-order valence-electron chi connectivity index (χ0n) is 12.8. The summed E-state index contributed by atoms with van der Waals surface area (Å²) in [6.45, 7) is 10.9. The van der Waals surface area contributed by atoms with Gasteiger partial charge in [0.25, 0.3) is 0 Å². The molecule has 0 bridgehead atoms. The molecule has 3 heteroatoms. The van der Waals surface area contributed by atoms with Gasteiger partial charge in [0.15, 0.2) is 0 Å². The second kappa shape index (κ2) is 5.46. The number of hydrogen-bond donors (Lipinski definition) is 0. The van der Waals surface area contributed by atoms with Gasteiger partial charge in [0.05, 0.1) is 0 Å². The van der Waals surface area contributed by atoms with Gasteiger partial charge in [-0.1, -0.05) is 0 Å². The normalized spacial score (nSPS) is 12.2. The average Bonchev–Trinajstić information content (AvgIpc) is 2.41. The van der Waals surface area contributed by atoms with Crippen LogP contribution in [0.3, 0.4) is 0 Å². The monoisotopic (exact) mass is 287 g/mol. The molecule has 0 saturated carbocycles. The van der Waals surface area contributed by atoms with Crippen LogP contribution < -0.4 is 10.6 Å². The summed E-state index contributed by atoms with van der Waals surface area (Å²) < 4.78 is 0. The van der Waals surface area contributed by atoms with E-state index in [1.165, 1.54) is 21.7 Å². The van der Waals surface area contributed by atoms with Gasteiger partial charge in [0.2, 0.25) is 0 Å². The fourth-order valence-electron chi connectivity index (χ4n) is 2.44. The first kappa shape index (κ1) is 14.9. The summed E-state index contributed by atoms with van der Waals surface area (Å²) in [6.07, 6.45) is 0. The summed E-state index contributed by atoms with van der Waals surface area (Å²) >= 11 is 0. The van der Waals surface area contributed by atoms with E-state index < -0.39 is 7.26 Å². The van der Waals surface area contributed by atoms with E-state index in [0.717, 1.165) is 5.56 Å². The molecule has 0 atom stereocenters. The second-order valence-electron chi connectivity index (χ2n) is 6.02. The van der Waals surface area contributed by atoms with E-state index in [9.17, 15) is 4.91 Å². The van der Waals surface area contributed by atoms with Crippen molar-refractivity contribution in [1.82, 2.24) is 0 Å². The van der Waals surface area contributed by atoms with Crippen molar-refractivity contribution in [3.05, 3.63) is 58.0 Å². The minimum atomic E-state index is -1.72. The molecule has 0 N–H and O–H groups in total. The van der Waals surface area contributed by atoms with Crippen molar-refractivity contribution in [2.75, 3.05) is 13.3 Å². The molecule has 2 nitrogen and oxygen atoms in total. The first-order chi connectivity index (χ1) is 9.36. The molecule has 0 fully saturated rings. The van der Waals surface area contributed by atoms with Crippen molar-refractivity contribution < 1.29 is 0 Å². The Balaban J connectivity index is 2.50. The molecule has 0 aromatic heterocycles. The maximum atomic E-state index is 10.7. The van der Waals surface area contributed by atoms with Crippen molar-refractivity contribution in [2.24, 2.45) is 5.18 Å². The fourth-order valence-corrected chi connectivity index (χ4v) is 4.93. The molecule has 0 saturated heterocycles. The Hall–Kier alpha value is -1.53. The van der Waals surface area contributed by atoms with Crippen LogP contribution in [0, 0.1) is 25.7 Å². The summed E-state index contributed by atoms with van der Waals surface area (Å²) in [6, 6.07) is 12.8. The molecule has 106 valence electrons. The third kappa shape index (κ3) is 2.66. The number of rotatable bonds is 3. The Morgan fingerprint density at radius 3 is 1.85 bits per heavy atom. The van der Waals surface area contributed by atoms with Crippen molar-refractivity contribution in [2.45, 2.75) is 20.8 Å². The summed E-state index contributed by atoms with van der Waals surface area (Å²) in [4.78, 5) is 10.7. The quantitative estimate of drug-likeness (QED) is 0.620. The van der Waals surface area contributed by atoms with Crippen LogP contribution in [0.1, 0.15) is 16.7 Å². The predicted molar refractivity (Wildman–Crippen MR) is 92.0 cm³/mol. The Labute approximate surface area is 121 Å². The number of hydrogen-bond acceptors (Lipinski definition) is 2. The van der Waals surface area contributed by atoms with Gasteiger partial charge in [-0.25, -0.2) is 0 Å². The van der Waals surface area contributed by atoms with Gasteiger partial charge >= 0.3 is 121 Å². The Morgan fingerprint density at radius 2 is 1.35 bits per heavy atom. The van der Waals surface area contributed by atoms with Gasteiger partial charge < -0.3 is 0 Å². The van der Waals surface area contributed by atoms with Crippen molar-refractivity contribution in [1.29, 1.82) is 0 Å². The van der Waals surface area contributed by atoms with E-state index in [1.54, 1.807) is 0 Å². The molecule has 2 rings (SSSR count). The first-order valence-electron chi connectivity index (χ1n) is 6.88. The van der Waals surface area contributed by atoms with Gasteiger partial charge in [0, 0.05) is 0 Å². The van der Waals surface area contributed by atoms with Crippen molar-refractivity contribution in [3.63, 3.8) is 0 Å². The molecule has 0 aliphatic heterocycles. The number of benzene rings is 2. The van der Waals surface area contributed by atoms with Crippen LogP contribution in [0.25, 0.3) is 0 Å². The molecule has 0 unspecified atom stereocenters. The predicted octanol–water partition coefficient (Wildman–Crippen LogP) is 3.97. The van der Waals surface area contributed by atoms with Crippen LogP contribution in [-0.2, 0) is 0 Å². The van der Waals surface area contributed by atoms with Crippen LogP contribution in [0.15, 0.2) is 41.6 Å². The van der Waals surface area contributed by atoms with Crippen molar-refractivity contribution in [3.8, 4) is 0 Å². The molecular formula is C17H22NOP. The second-order valence-corrected chi connectivity index (χ2v) is 10.4. The van der Waals surface area contributed by atoms with E-state index >= 15 is 0 Å². The molecule has 0 heterocycles. The molecular weight excluding hydrogens is 265 g/mol. The number of aryl methyl sites for hydroxylation is 3. The third-order valence-electron chi connectivity index (χ3n) is 4.25. The Morgan fingerprint density at radius 1 is 0.800 bits per heavy atom. The Bertz CT molecular complexity index is 662. The minimum absolute atomic E-state index is 0.540. The van der Waals surface area contributed by atoms with E-state index in [4.69, 9.17) is 0 Å². The molecule has 0 amide bonds. The van der Waals surface area contributed by atoms with E-state index in [2.05, 4.69) is 62.7 Å². The molecule has 0 radical (unpaired) electrons. The first-order valence-corrected chi connectivity index (χ1v) is 9.88. The molecule has 2 aromatic rings. The molecule has 20 heavy (non-hydrogen) atoms. The fraction of sp³-hybridized carbons (Fsp3) is 0.294. The maximum absolute atomic E-state index is 10.7. The van der Waals surface area contributed by atoms with Crippen LogP contribution in [0.5, 0.6) is 0 Å². The van der Waals surface area contributed by atoms with E-state index in [0.29, 0.717) is 5.69 Å². The SMILES string of the molecule is Cc1ccc([PH](C)(C)c2ccc(N=O)c(C)c2)cc1C. The van der Waals surface area contributed by atoms with Gasteiger partial charge in [-0.2, -0.15) is 0 Å². The zero-order chi connectivity index (χ0) is 14.9. The van der Waals surface area contributed by atoms with Gasteiger partial charge in [-0.05, 0) is 0 Å². The molecule has 0 spiro atoms. The van der Waals surface area contributed by atoms with Gasteiger partial charge in [-0.3, -0.25) is 0 Å². The van der Waals surface area contributed by atoms with Crippen LogP contribution >= 0.6 is 7.26 Å². The van der Waals surface area contributed by atoms with E-state index in [-0.39, 0.29) is 0 Å². The number of nitroso groups, excluding NO2 is 1. The topological polar surface area (TPSA) is 29.4 Å². The average molecular weight is 287 g/mol. The summed E-state index contributed by atoms with van der Waals surface area (Å²) in [7, 11) is -1.72. The standard InChI is InChI=1S/C17H22NOP/c1-12-6-7-15(10-13(12)2)20(4,5)16-8-9-17(18-19)14(3)11-16/h6-11,20H,1-5H3. The van der Waals surface area contributed by atoms with Crippen molar-refractivity contribution >= 4 is 23.6 Å². The van der Waals surface area contributed by atoms with E-state index in [1.807, 2.05) is 13.0 Å². The molecule has 2 aromatic carbocycles. The van der Waals surface area contributed by atoms with Gasteiger partial charge in [-0.15, -0.1) is 0 Å². The number of nitrogens with zero attached hydrogens (tertiary/aromatic N) is 1. The molecule has 0 aliphatic carbocycles. The summed E-state index contributed by atoms with van der Waals surface area (Å²) in [5.74, 6) is 0. The van der Waals surface area contributed by atoms with Crippen LogP contribution in [-0.4, -0.2) is 13.3 Å². The van der Waals surface area contributed by atoms with Crippen LogP contribution in [0.2, 0.25) is 0 Å². The summed E-state index contributed by atoms with van der Waals surface area (Å²) in [5, 5.41) is 5.82. The van der Waals surface area contributed by atoms with Crippen LogP contribution in [0.4, 0.5) is 5.69 Å². The zero-order valence-corrected chi connectivity index (χ0v) is 13.8.